The Balaban J connectivity index is 1.38. The van der Waals surface area contributed by atoms with Gasteiger partial charge in [0.2, 0.25) is 5.88 Å². The average molecular weight is 416 g/mol. The van der Waals surface area contributed by atoms with Gasteiger partial charge in [0.25, 0.3) is 0 Å². The molecule has 156 valence electrons. The van der Waals surface area contributed by atoms with Gasteiger partial charge in [0.1, 0.15) is 18.3 Å². The minimum Gasteiger partial charge on any atom is -0.472 e. The number of amidine groups is 1. The molecule has 3 heterocycles. The summed E-state index contributed by atoms with van der Waals surface area (Å²) in [4.78, 5) is 6.35. The number of anilines is 1. The van der Waals surface area contributed by atoms with Crippen molar-refractivity contribution in [2.75, 3.05) is 11.4 Å². The van der Waals surface area contributed by atoms with Crippen LogP contribution in [0, 0.1) is 11.2 Å². The Kier molecular flexibility index (Phi) is 4.83. The molecule has 1 aliphatic heterocycles. The van der Waals surface area contributed by atoms with E-state index in [4.69, 9.17) is 15.9 Å². The summed E-state index contributed by atoms with van der Waals surface area (Å²) in [5, 5.41) is 12.7. The van der Waals surface area contributed by atoms with Gasteiger partial charge < -0.3 is 15.4 Å². The van der Waals surface area contributed by atoms with E-state index < -0.39 is 0 Å². The molecule has 0 aliphatic carbocycles. The van der Waals surface area contributed by atoms with Crippen LogP contribution in [0.15, 0.2) is 66.9 Å². The van der Waals surface area contributed by atoms with E-state index in [1.807, 2.05) is 35.2 Å². The third-order valence-corrected chi connectivity index (χ3v) is 5.39. The van der Waals surface area contributed by atoms with E-state index >= 15 is 0 Å². The molecule has 0 radical (unpaired) electrons. The van der Waals surface area contributed by atoms with Crippen molar-refractivity contribution in [3.8, 4) is 17.1 Å². The van der Waals surface area contributed by atoms with Gasteiger partial charge in [0, 0.05) is 23.9 Å². The van der Waals surface area contributed by atoms with Gasteiger partial charge in [0.15, 0.2) is 5.65 Å². The van der Waals surface area contributed by atoms with Crippen LogP contribution >= 0.6 is 0 Å². The van der Waals surface area contributed by atoms with Gasteiger partial charge in [-0.15, -0.1) is 5.10 Å². The molecule has 2 aromatic heterocycles. The predicted octanol–water partition coefficient (Wildman–Crippen LogP) is 3.63. The van der Waals surface area contributed by atoms with Crippen LogP contribution in [-0.2, 0) is 6.61 Å². The Morgan fingerprint density at radius 2 is 1.97 bits per heavy atom. The van der Waals surface area contributed by atoms with Crippen LogP contribution in [0.2, 0.25) is 0 Å². The van der Waals surface area contributed by atoms with E-state index in [9.17, 15) is 4.39 Å². The van der Waals surface area contributed by atoms with E-state index in [-0.39, 0.29) is 18.5 Å². The first-order valence-corrected chi connectivity index (χ1v) is 10.0. The van der Waals surface area contributed by atoms with Crippen molar-refractivity contribution in [1.82, 2.24) is 14.6 Å². The van der Waals surface area contributed by atoms with Crippen LogP contribution in [-0.4, -0.2) is 33.0 Å². The fourth-order valence-corrected chi connectivity index (χ4v) is 3.72. The summed E-state index contributed by atoms with van der Waals surface area (Å²) in [6, 6.07) is 17.6. The van der Waals surface area contributed by atoms with E-state index in [1.165, 1.54) is 12.1 Å². The summed E-state index contributed by atoms with van der Waals surface area (Å²) in [5.74, 6) is 0.576. The number of rotatable bonds is 5. The summed E-state index contributed by atoms with van der Waals surface area (Å²) >= 11 is 0. The van der Waals surface area contributed by atoms with Crippen molar-refractivity contribution in [2.45, 2.75) is 19.1 Å². The first-order valence-electron chi connectivity index (χ1n) is 10.0. The Labute approximate surface area is 178 Å². The van der Waals surface area contributed by atoms with E-state index in [2.05, 4.69) is 10.1 Å². The van der Waals surface area contributed by atoms with Crippen LogP contribution < -0.4 is 15.4 Å². The monoisotopic (exact) mass is 416 g/mol. The standard InChI is InChI=1S/C23H21FN6O/c24-17-3-1-2-15(12-17)14-31-22-9-8-21-27-13-20(30(21)28-22)16-4-6-18(7-5-16)29-11-10-19(25)23(29)26/h1-9,12-13,19,26H,10-11,14,25H2. The van der Waals surface area contributed by atoms with Crippen LogP contribution in [0.4, 0.5) is 10.1 Å². The highest BCUT2D eigenvalue weighted by Crippen LogP contribution is 2.26. The van der Waals surface area contributed by atoms with Crippen molar-refractivity contribution in [3.63, 3.8) is 0 Å². The maximum Gasteiger partial charge on any atom is 0.232 e. The second kappa shape index (κ2) is 7.81. The van der Waals surface area contributed by atoms with Crippen molar-refractivity contribution in [1.29, 1.82) is 5.41 Å². The maximum absolute atomic E-state index is 13.4. The van der Waals surface area contributed by atoms with Crippen LogP contribution in [0.25, 0.3) is 16.9 Å². The number of fused-ring (bicyclic) bond motifs is 1. The smallest absolute Gasteiger partial charge is 0.232 e. The van der Waals surface area contributed by atoms with E-state index in [1.54, 1.807) is 28.9 Å². The Bertz CT molecular complexity index is 1250. The third kappa shape index (κ3) is 3.73. The van der Waals surface area contributed by atoms with Gasteiger partial charge in [-0.2, -0.15) is 0 Å². The zero-order valence-corrected chi connectivity index (χ0v) is 16.7. The number of nitrogens with two attached hydrogens (primary N) is 1. The number of nitrogens with zero attached hydrogens (tertiary/aromatic N) is 4. The summed E-state index contributed by atoms with van der Waals surface area (Å²) in [6.07, 6.45) is 2.55. The molecule has 3 N–H and O–H groups in total. The summed E-state index contributed by atoms with van der Waals surface area (Å²) in [5.41, 5.74) is 10.1. The number of benzene rings is 2. The van der Waals surface area contributed by atoms with Crippen LogP contribution in [0.1, 0.15) is 12.0 Å². The fraction of sp³-hybridized carbons (Fsp3) is 0.174. The number of imidazole rings is 1. The fourth-order valence-electron chi connectivity index (χ4n) is 3.72. The van der Waals surface area contributed by atoms with Gasteiger partial charge in [-0.05, 0) is 42.3 Å². The highest BCUT2D eigenvalue weighted by molar-refractivity contribution is 6.01. The molecule has 31 heavy (non-hydrogen) atoms. The second-order valence-electron chi connectivity index (χ2n) is 7.48. The first-order chi connectivity index (χ1) is 15.1. The van der Waals surface area contributed by atoms with E-state index in [0.717, 1.165) is 35.5 Å². The molecule has 0 spiro atoms. The molecule has 1 fully saturated rings. The molecule has 0 saturated carbocycles. The largest absolute Gasteiger partial charge is 0.472 e. The molecule has 4 aromatic rings. The van der Waals surface area contributed by atoms with Crippen molar-refractivity contribution >= 4 is 17.2 Å². The normalized spacial score (nSPS) is 16.3. The average Bonchev–Trinajstić information content (AvgIpc) is 3.35. The highest BCUT2D eigenvalue weighted by Gasteiger charge is 2.26. The Morgan fingerprint density at radius 1 is 1.13 bits per heavy atom. The topological polar surface area (TPSA) is 92.5 Å². The third-order valence-electron chi connectivity index (χ3n) is 5.39. The zero-order valence-electron chi connectivity index (χ0n) is 16.7. The quantitative estimate of drug-likeness (QED) is 0.518. The number of nitrogens with one attached hydrogen (secondary N) is 1. The lowest BCUT2D eigenvalue weighted by molar-refractivity contribution is 0.288. The van der Waals surface area contributed by atoms with Crippen molar-refractivity contribution in [2.24, 2.45) is 5.73 Å². The highest BCUT2D eigenvalue weighted by atomic mass is 19.1. The molecule has 1 atom stereocenters. The summed E-state index contributed by atoms with van der Waals surface area (Å²) in [7, 11) is 0. The lowest BCUT2D eigenvalue weighted by atomic mass is 10.1. The minimum absolute atomic E-state index is 0.201. The number of hydrogen-bond acceptors (Lipinski definition) is 5. The Morgan fingerprint density at radius 3 is 2.71 bits per heavy atom. The molecule has 1 aliphatic rings. The summed E-state index contributed by atoms with van der Waals surface area (Å²) in [6.45, 7) is 0.974. The minimum atomic E-state index is -0.295. The van der Waals surface area contributed by atoms with Crippen LogP contribution in [0.5, 0.6) is 5.88 Å². The first kappa shape index (κ1) is 19.2. The lowest BCUT2D eigenvalue weighted by Gasteiger charge is -2.18. The van der Waals surface area contributed by atoms with Crippen LogP contribution in [0.3, 0.4) is 0 Å². The zero-order chi connectivity index (χ0) is 21.4. The van der Waals surface area contributed by atoms with E-state index in [0.29, 0.717) is 17.4 Å². The molecular formula is C23H21FN6O. The number of halogens is 1. The number of aromatic nitrogens is 3. The maximum atomic E-state index is 13.4. The summed E-state index contributed by atoms with van der Waals surface area (Å²) < 4.78 is 20.8. The van der Waals surface area contributed by atoms with Gasteiger partial charge in [0.05, 0.1) is 17.9 Å². The molecule has 1 unspecified atom stereocenters. The molecule has 1 saturated heterocycles. The van der Waals surface area contributed by atoms with Gasteiger partial charge in [-0.3, -0.25) is 5.41 Å². The SMILES string of the molecule is N=C1C(N)CCN1c1ccc(-c2cnc3ccc(OCc4cccc(F)c4)nn23)cc1. The predicted molar refractivity (Wildman–Crippen MR) is 117 cm³/mol. The van der Waals surface area contributed by atoms with Gasteiger partial charge >= 0.3 is 0 Å². The molecule has 0 amide bonds. The number of ether oxygens (including phenoxy) is 1. The van der Waals surface area contributed by atoms with Crippen molar-refractivity contribution in [3.05, 3.63) is 78.2 Å². The van der Waals surface area contributed by atoms with Gasteiger partial charge in [-0.25, -0.2) is 13.9 Å². The lowest BCUT2D eigenvalue weighted by Crippen LogP contribution is -2.33. The molecule has 2 aromatic carbocycles. The van der Waals surface area contributed by atoms with Gasteiger partial charge in [-0.1, -0.05) is 24.3 Å². The molecule has 5 rings (SSSR count). The molecular weight excluding hydrogens is 395 g/mol. The second-order valence-corrected chi connectivity index (χ2v) is 7.48. The number of hydrogen-bond donors (Lipinski definition) is 2. The Hall–Kier alpha value is -3.78. The molecule has 7 nitrogen and oxygen atoms in total. The van der Waals surface area contributed by atoms with Crippen molar-refractivity contribution < 1.29 is 9.13 Å². The molecule has 0 bridgehead atoms. The molecule has 8 heteroatoms.